The number of rotatable bonds is 10. The maximum absolute atomic E-state index is 13.3. The van der Waals surface area contributed by atoms with Crippen molar-refractivity contribution in [2.45, 2.75) is 58.0 Å². The number of halogens is 2. The van der Waals surface area contributed by atoms with Crippen molar-refractivity contribution >= 4 is 35.1 Å². The van der Waals surface area contributed by atoms with Gasteiger partial charge in [-0.05, 0) is 48.3 Å². The summed E-state index contributed by atoms with van der Waals surface area (Å²) >= 11 is 1.43. The summed E-state index contributed by atoms with van der Waals surface area (Å²) in [5.74, 6) is 0.581. The summed E-state index contributed by atoms with van der Waals surface area (Å²) in [6, 6.07) is 5.78. The lowest BCUT2D eigenvalue weighted by Gasteiger charge is -2.41. The molecule has 1 unspecified atom stereocenters. The lowest BCUT2D eigenvalue weighted by atomic mass is 9.90. The summed E-state index contributed by atoms with van der Waals surface area (Å²) < 4.78 is 27.6. The largest absolute Gasteiger partial charge is 0.370 e. The third-order valence-electron chi connectivity index (χ3n) is 7.45. The van der Waals surface area contributed by atoms with E-state index in [1.165, 1.54) is 24.6 Å². The van der Waals surface area contributed by atoms with Crippen molar-refractivity contribution in [3.8, 4) is 0 Å². The van der Waals surface area contributed by atoms with Crippen molar-refractivity contribution < 1.29 is 18.4 Å². The van der Waals surface area contributed by atoms with Crippen LogP contribution in [0.25, 0.3) is 0 Å². The Morgan fingerprint density at radius 3 is 2.75 bits per heavy atom. The molecule has 3 aliphatic rings. The number of alkyl halides is 2. The van der Waals surface area contributed by atoms with Crippen LogP contribution in [0.1, 0.15) is 59.4 Å². The monoisotopic (exact) mass is 517 g/mol. The SMILES string of the molecule is CCc1cc(N2CC(C(F)F)C2)ccc1C1Cc2nn(CCC3CC3)c(NC(=O)CSC)c2C(=O)N1. The van der Waals surface area contributed by atoms with Crippen molar-refractivity contribution in [3.05, 3.63) is 40.6 Å². The van der Waals surface area contributed by atoms with E-state index >= 15 is 0 Å². The molecule has 2 amide bonds. The fourth-order valence-corrected chi connectivity index (χ4v) is 5.51. The van der Waals surface area contributed by atoms with Gasteiger partial charge in [0.15, 0.2) is 0 Å². The Bertz CT molecular complexity index is 1140. The van der Waals surface area contributed by atoms with Crippen LogP contribution in [-0.4, -0.2) is 53.1 Å². The van der Waals surface area contributed by atoms with Crippen molar-refractivity contribution in [3.63, 3.8) is 0 Å². The topological polar surface area (TPSA) is 79.3 Å². The number of hydrogen-bond donors (Lipinski definition) is 2. The number of benzene rings is 1. The van der Waals surface area contributed by atoms with Crippen LogP contribution in [0.2, 0.25) is 0 Å². The van der Waals surface area contributed by atoms with Gasteiger partial charge in [0.2, 0.25) is 12.3 Å². The Kier molecular flexibility index (Phi) is 7.23. The molecule has 1 atom stereocenters. The predicted molar refractivity (Wildman–Crippen MR) is 138 cm³/mol. The second-order valence-electron chi connectivity index (χ2n) is 10.1. The molecule has 0 spiro atoms. The van der Waals surface area contributed by atoms with E-state index in [0.29, 0.717) is 54.8 Å². The average Bonchev–Trinajstić information content (AvgIpc) is 3.58. The van der Waals surface area contributed by atoms with Crippen LogP contribution in [0.5, 0.6) is 0 Å². The van der Waals surface area contributed by atoms with E-state index in [4.69, 9.17) is 5.10 Å². The number of hydrogen-bond acceptors (Lipinski definition) is 5. The molecular formula is C26H33F2N5O2S. The Morgan fingerprint density at radius 2 is 2.08 bits per heavy atom. The number of aromatic nitrogens is 2. The van der Waals surface area contributed by atoms with Crippen LogP contribution >= 0.6 is 11.8 Å². The normalized spacial score (nSPS) is 19.8. The van der Waals surface area contributed by atoms with E-state index in [2.05, 4.69) is 23.6 Å². The van der Waals surface area contributed by atoms with Crippen LogP contribution in [0.15, 0.2) is 18.2 Å². The molecule has 0 bridgehead atoms. The maximum atomic E-state index is 13.3. The van der Waals surface area contributed by atoms with E-state index in [9.17, 15) is 18.4 Å². The van der Waals surface area contributed by atoms with E-state index in [0.717, 1.165) is 29.7 Å². The van der Waals surface area contributed by atoms with Gasteiger partial charge in [-0.2, -0.15) is 16.9 Å². The van der Waals surface area contributed by atoms with Gasteiger partial charge in [-0.3, -0.25) is 9.59 Å². The van der Waals surface area contributed by atoms with Crippen LogP contribution in [0, 0.1) is 11.8 Å². The Morgan fingerprint density at radius 1 is 1.31 bits per heavy atom. The fraction of sp³-hybridized carbons (Fsp3) is 0.577. The summed E-state index contributed by atoms with van der Waals surface area (Å²) in [7, 11) is 0. The number of thioether (sulfide) groups is 1. The fourth-order valence-electron chi connectivity index (χ4n) is 5.17. The summed E-state index contributed by atoms with van der Waals surface area (Å²) in [5.41, 5.74) is 4.21. The number of aryl methyl sites for hydroxylation is 2. The number of carbonyl (C=O) groups is 2. The number of carbonyl (C=O) groups excluding carboxylic acids is 2. The van der Waals surface area contributed by atoms with Crippen molar-refractivity contribution in [1.29, 1.82) is 0 Å². The van der Waals surface area contributed by atoms with E-state index in [-0.39, 0.29) is 17.9 Å². The van der Waals surface area contributed by atoms with Crippen LogP contribution in [0.4, 0.5) is 20.3 Å². The molecule has 3 heterocycles. The van der Waals surface area contributed by atoms with Gasteiger partial charge in [-0.25, -0.2) is 13.5 Å². The minimum Gasteiger partial charge on any atom is -0.370 e. The molecule has 36 heavy (non-hydrogen) atoms. The third-order valence-corrected chi connectivity index (χ3v) is 8.00. The van der Waals surface area contributed by atoms with E-state index in [1.807, 2.05) is 23.3 Å². The number of fused-ring (bicyclic) bond motifs is 1. The highest BCUT2D eigenvalue weighted by molar-refractivity contribution is 7.99. The van der Waals surface area contributed by atoms with Gasteiger partial charge in [-0.15, -0.1) is 0 Å². The number of nitrogens with zero attached hydrogens (tertiary/aromatic N) is 3. The molecule has 2 fully saturated rings. The zero-order valence-corrected chi connectivity index (χ0v) is 21.5. The lowest BCUT2D eigenvalue weighted by Crippen LogP contribution is -2.50. The third kappa shape index (κ3) is 5.10. The first-order chi connectivity index (χ1) is 17.4. The summed E-state index contributed by atoms with van der Waals surface area (Å²) in [6.45, 7) is 3.47. The minimum atomic E-state index is -2.28. The van der Waals surface area contributed by atoms with Gasteiger partial charge in [-0.1, -0.05) is 25.8 Å². The predicted octanol–water partition coefficient (Wildman–Crippen LogP) is 4.28. The maximum Gasteiger partial charge on any atom is 0.257 e. The molecular weight excluding hydrogens is 484 g/mol. The molecule has 2 aromatic rings. The highest BCUT2D eigenvalue weighted by Crippen LogP contribution is 2.37. The molecule has 5 rings (SSSR count). The smallest absolute Gasteiger partial charge is 0.257 e. The quantitative estimate of drug-likeness (QED) is 0.492. The molecule has 7 nitrogen and oxygen atoms in total. The number of amides is 2. The Labute approximate surface area is 214 Å². The van der Waals surface area contributed by atoms with Crippen molar-refractivity contribution in [1.82, 2.24) is 15.1 Å². The zero-order valence-electron chi connectivity index (χ0n) is 20.7. The highest BCUT2D eigenvalue weighted by Gasteiger charge is 2.36. The molecule has 1 aliphatic carbocycles. The highest BCUT2D eigenvalue weighted by atomic mass is 32.2. The molecule has 1 aromatic heterocycles. The summed E-state index contributed by atoms with van der Waals surface area (Å²) in [4.78, 5) is 27.7. The van der Waals surface area contributed by atoms with Crippen LogP contribution in [-0.2, 0) is 24.2 Å². The van der Waals surface area contributed by atoms with Gasteiger partial charge in [0.25, 0.3) is 5.91 Å². The lowest BCUT2D eigenvalue weighted by molar-refractivity contribution is -0.113. The Balaban J connectivity index is 1.38. The molecule has 2 N–H and O–H groups in total. The van der Waals surface area contributed by atoms with Crippen molar-refractivity contribution in [2.75, 3.05) is 35.3 Å². The van der Waals surface area contributed by atoms with Crippen molar-refractivity contribution in [2.24, 2.45) is 11.8 Å². The van der Waals surface area contributed by atoms with E-state index in [1.54, 1.807) is 4.68 Å². The summed E-state index contributed by atoms with van der Waals surface area (Å²) in [6.07, 6.45) is 4.33. The number of nitrogens with one attached hydrogen (secondary N) is 2. The van der Waals surface area contributed by atoms with Crippen LogP contribution < -0.4 is 15.5 Å². The second-order valence-corrected chi connectivity index (χ2v) is 10.9. The van der Waals surface area contributed by atoms with Gasteiger partial charge in [0, 0.05) is 31.7 Å². The van der Waals surface area contributed by atoms with Gasteiger partial charge >= 0.3 is 0 Å². The Hall–Kier alpha value is -2.62. The molecule has 2 aliphatic heterocycles. The molecule has 1 aromatic carbocycles. The van der Waals surface area contributed by atoms with Gasteiger partial charge in [0.1, 0.15) is 11.4 Å². The zero-order chi connectivity index (χ0) is 25.4. The standard InChI is InChI=1S/C26H33F2N5O2S/c1-3-16-10-18(32-12-17(13-32)24(27)28)6-7-19(16)20-11-21-23(26(35)29-20)25(30-22(34)14-36-2)33(31-21)9-8-15-4-5-15/h6-7,10,15,17,20,24H,3-5,8-9,11-14H2,1-2H3,(H,29,35)(H,30,34). The van der Waals surface area contributed by atoms with Gasteiger partial charge < -0.3 is 15.5 Å². The molecule has 10 heteroatoms. The first-order valence-electron chi connectivity index (χ1n) is 12.7. The van der Waals surface area contributed by atoms with Crippen LogP contribution in [0.3, 0.4) is 0 Å². The van der Waals surface area contributed by atoms with Gasteiger partial charge in [0.05, 0.1) is 23.4 Å². The minimum absolute atomic E-state index is 0.142. The first-order valence-corrected chi connectivity index (χ1v) is 14.1. The molecule has 1 saturated heterocycles. The second kappa shape index (κ2) is 10.4. The summed E-state index contributed by atoms with van der Waals surface area (Å²) in [5, 5.41) is 10.9. The van der Waals surface area contributed by atoms with E-state index < -0.39 is 12.3 Å². The number of anilines is 2. The molecule has 0 radical (unpaired) electrons. The average molecular weight is 518 g/mol. The first kappa shape index (κ1) is 25.0. The molecule has 194 valence electrons. The molecule has 1 saturated carbocycles.